The molecule has 2 N–H and O–H groups in total. The first kappa shape index (κ1) is 12.6. The molecule has 2 heterocycles. The van der Waals surface area contributed by atoms with Gasteiger partial charge in [-0.2, -0.15) is 0 Å². The molecule has 3 aromatic rings. The third kappa shape index (κ3) is 2.60. The summed E-state index contributed by atoms with van der Waals surface area (Å²) in [6, 6.07) is 7.82. The molecule has 4 nitrogen and oxygen atoms in total. The number of hydrogen-bond acceptors (Lipinski definition) is 5. The number of ether oxygens (including phenoxy) is 1. The van der Waals surface area contributed by atoms with Gasteiger partial charge in [-0.05, 0) is 29.7 Å². The van der Waals surface area contributed by atoms with Crippen molar-refractivity contribution in [2.75, 3.05) is 5.73 Å². The molecule has 0 saturated heterocycles. The van der Waals surface area contributed by atoms with E-state index in [9.17, 15) is 4.39 Å². The number of nitrogens with zero attached hydrogens (tertiary/aromatic N) is 2. The maximum Gasteiger partial charge on any atom is 0.149 e. The van der Waals surface area contributed by atoms with Crippen molar-refractivity contribution in [3.63, 3.8) is 0 Å². The number of rotatable bonds is 3. The normalized spacial score (nSPS) is 10.4. The number of hydrogen-bond donors (Lipinski definition) is 1. The van der Waals surface area contributed by atoms with Gasteiger partial charge in [-0.3, -0.25) is 4.98 Å². The van der Waals surface area contributed by atoms with Gasteiger partial charge < -0.3 is 10.5 Å². The zero-order valence-electron chi connectivity index (χ0n) is 10.3. The molecule has 0 aliphatic heterocycles. The van der Waals surface area contributed by atoms with E-state index >= 15 is 0 Å². The van der Waals surface area contributed by atoms with Crippen molar-refractivity contribution in [2.24, 2.45) is 0 Å². The van der Waals surface area contributed by atoms with Crippen molar-refractivity contribution < 1.29 is 9.13 Å². The first-order valence-corrected chi connectivity index (χ1v) is 6.65. The van der Waals surface area contributed by atoms with Gasteiger partial charge in [-0.25, -0.2) is 8.76 Å². The van der Waals surface area contributed by atoms with Crippen LogP contribution in [0.3, 0.4) is 0 Å². The summed E-state index contributed by atoms with van der Waals surface area (Å²) >= 11 is 1.35. The molecule has 0 unspecified atom stereocenters. The van der Waals surface area contributed by atoms with Crippen LogP contribution in [0.2, 0.25) is 0 Å². The molecule has 0 spiro atoms. The Morgan fingerprint density at radius 2 is 2.00 bits per heavy atom. The van der Waals surface area contributed by atoms with E-state index in [2.05, 4.69) is 9.36 Å². The molecule has 100 valence electrons. The zero-order valence-corrected chi connectivity index (χ0v) is 11.1. The predicted molar refractivity (Wildman–Crippen MR) is 76.2 cm³/mol. The van der Waals surface area contributed by atoms with E-state index in [1.54, 1.807) is 30.6 Å². The third-order valence-corrected chi connectivity index (χ3v) is 3.25. The lowest BCUT2D eigenvalue weighted by Crippen LogP contribution is -1.92. The number of aromatic nitrogens is 2. The van der Waals surface area contributed by atoms with E-state index < -0.39 is 5.82 Å². The molecule has 0 aliphatic carbocycles. The van der Waals surface area contributed by atoms with Crippen LogP contribution >= 0.6 is 11.5 Å². The minimum absolute atomic E-state index is 0.0946. The lowest BCUT2D eigenvalue weighted by atomic mass is 10.2. The molecule has 6 heteroatoms. The minimum Gasteiger partial charge on any atom is -0.457 e. The highest BCUT2D eigenvalue weighted by Crippen LogP contribution is 2.27. The van der Waals surface area contributed by atoms with Crippen LogP contribution in [-0.4, -0.2) is 9.36 Å². The van der Waals surface area contributed by atoms with Gasteiger partial charge in [0.05, 0.1) is 17.6 Å². The maximum atomic E-state index is 13.4. The second-order valence-corrected chi connectivity index (χ2v) is 4.73. The molecule has 0 amide bonds. The molecule has 0 radical (unpaired) electrons. The van der Waals surface area contributed by atoms with Gasteiger partial charge in [0.2, 0.25) is 0 Å². The van der Waals surface area contributed by atoms with Crippen LogP contribution < -0.4 is 10.5 Å². The Balaban J connectivity index is 1.87. The van der Waals surface area contributed by atoms with Gasteiger partial charge in [-0.15, -0.1) is 0 Å². The van der Waals surface area contributed by atoms with Crippen molar-refractivity contribution in [1.29, 1.82) is 0 Å². The molecule has 0 aliphatic rings. The Hall–Kier alpha value is -2.47. The van der Waals surface area contributed by atoms with Crippen LogP contribution in [0.5, 0.6) is 11.5 Å². The molecular weight excluding hydrogens is 277 g/mol. The molecule has 0 atom stereocenters. The van der Waals surface area contributed by atoms with Gasteiger partial charge in [0.1, 0.15) is 17.3 Å². The van der Waals surface area contributed by atoms with Gasteiger partial charge in [-0.1, -0.05) is 0 Å². The number of halogens is 1. The summed E-state index contributed by atoms with van der Waals surface area (Å²) in [4.78, 5) is 4.25. The largest absolute Gasteiger partial charge is 0.457 e. The zero-order chi connectivity index (χ0) is 13.9. The summed E-state index contributed by atoms with van der Waals surface area (Å²) in [5, 5.41) is 1.90. The van der Waals surface area contributed by atoms with Gasteiger partial charge >= 0.3 is 0 Å². The highest BCUT2D eigenvalue weighted by molar-refractivity contribution is 7.03. The maximum absolute atomic E-state index is 13.4. The fourth-order valence-corrected chi connectivity index (χ4v) is 2.20. The number of pyridine rings is 1. The first-order valence-electron chi connectivity index (χ1n) is 5.81. The summed E-state index contributed by atoms with van der Waals surface area (Å²) in [7, 11) is 0. The monoisotopic (exact) mass is 287 g/mol. The van der Waals surface area contributed by atoms with Crippen LogP contribution in [-0.2, 0) is 0 Å². The van der Waals surface area contributed by atoms with E-state index in [4.69, 9.17) is 10.5 Å². The molecule has 0 saturated carbocycles. The van der Waals surface area contributed by atoms with Crippen LogP contribution in [0.15, 0.2) is 48.1 Å². The molecule has 0 bridgehead atoms. The fourth-order valence-electron chi connectivity index (χ4n) is 1.67. The predicted octanol–water partition coefficient (Wildman–Crippen LogP) is 3.72. The van der Waals surface area contributed by atoms with Crippen LogP contribution in [0.4, 0.5) is 10.1 Å². The first-order chi connectivity index (χ1) is 9.72. The van der Waals surface area contributed by atoms with Crippen molar-refractivity contribution in [2.45, 2.75) is 0 Å². The topological polar surface area (TPSA) is 61.0 Å². The van der Waals surface area contributed by atoms with Crippen molar-refractivity contribution in [3.05, 3.63) is 53.9 Å². The number of nitrogen functional groups attached to an aromatic ring is 1. The molecular formula is C14H10FN3OS. The van der Waals surface area contributed by atoms with Crippen molar-refractivity contribution in [3.8, 4) is 22.8 Å². The van der Waals surface area contributed by atoms with Gasteiger partial charge in [0.15, 0.2) is 0 Å². The molecule has 0 fully saturated rings. The molecule has 2 aromatic heterocycles. The summed E-state index contributed by atoms with van der Waals surface area (Å²) in [6.07, 6.45) is 3.37. The average Bonchev–Trinajstić information content (AvgIpc) is 2.97. The van der Waals surface area contributed by atoms with Crippen LogP contribution in [0.1, 0.15) is 0 Å². The van der Waals surface area contributed by atoms with Gasteiger partial charge in [0, 0.05) is 29.3 Å². The molecule has 1 aromatic carbocycles. The summed E-state index contributed by atoms with van der Waals surface area (Å²) in [5.41, 5.74) is 7.20. The molecule has 20 heavy (non-hydrogen) atoms. The van der Waals surface area contributed by atoms with E-state index in [1.165, 1.54) is 23.7 Å². The Bertz CT molecular complexity index is 731. The second-order valence-electron chi connectivity index (χ2n) is 4.08. The highest BCUT2D eigenvalue weighted by atomic mass is 32.1. The summed E-state index contributed by atoms with van der Waals surface area (Å²) in [6.45, 7) is 0. The number of anilines is 1. The standard InChI is InChI=1S/C14H10FN3OS/c15-12-5-10(1-2-13(12)16)19-11-3-4-17-14(6-11)9-7-18-20-8-9/h1-8H,16H2. The third-order valence-electron chi connectivity index (χ3n) is 2.67. The summed E-state index contributed by atoms with van der Waals surface area (Å²) in [5.74, 6) is 0.460. The van der Waals surface area contributed by atoms with E-state index in [1.807, 2.05) is 5.38 Å². The van der Waals surface area contributed by atoms with Gasteiger partial charge in [0.25, 0.3) is 0 Å². The fraction of sp³-hybridized carbons (Fsp3) is 0. The average molecular weight is 287 g/mol. The van der Waals surface area contributed by atoms with Crippen molar-refractivity contribution in [1.82, 2.24) is 9.36 Å². The Morgan fingerprint density at radius 1 is 1.15 bits per heavy atom. The van der Waals surface area contributed by atoms with E-state index in [-0.39, 0.29) is 5.69 Å². The lowest BCUT2D eigenvalue weighted by Gasteiger charge is -2.07. The Kier molecular flexibility index (Phi) is 3.30. The smallest absolute Gasteiger partial charge is 0.149 e. The summed E-state index contributed by atoms with van der Waals surface area (Å²) < 4.78 is 23.0. The minimum atomic E-state index is -0.501. The number of nitrogens with two attached hydrogens (primary N) is 1. The Morgan fingerprint density at radius 3 is 2.75 bits per heavy atom. The second kappa shape index (κ2) is 5.26. The quantitative estimate of drug-likeness (QED) is 0.746. The van der Waals surface area contributed by atoms with Crippen molar-refractivity contribution >= 4 is 17.2 Å². The highest BCUT2D eigenvalue weighted by Gasteiger charge is 2.05. The van der Waals surface area contributed by atoms with Crippen LogP contribution in [0.25, 0.3) is 11.3 Å². The van der Waals surface area contributed by atoms with Crippen LogP contribution in [0, 0.1) is 5.82 Å². The van der Waals surface area contributed by atoms with E-state index in [0.29, 0.717) is 11.5 Å². The SMILES string of the molecule is Nc1ccc(Oc2ccnc(-c3cnsc3)c2)cc1F. The van der Waals surface area contributed by atoms with E-state index in [0.717, 1.165) is 11.3 Å². The molecule has 3 rings (SSSR count). The number of benzene rings is 1. The lowest BCUT2D eigenvalue weighted by molar-refractivity contribution is 0.477. The Labute approximate surface area is 118 Å².